The normalized spacial score (nSPS) is 12.0. The van der Waals surface area contributed by atoms with Crippen molar-refractivity contribution in [2.45, 2.75) is 29.9 Å². The number of thiophene rings is 1. The smallest absolute Gasteiger partial charge is 0.251 e. The van der Waals surface area contributed by atoms with Gasteiger partial charge in [0.25, 0.3) is 5.91 Å². The summed E-state index contributed by atoms with van der Waals surface area (Å²) < 4.78 is 51.3. The number of carbonyl (C=O) groups is 2. The number of hydrogen-bond acceptors (Lipinski definition) is 5. The fourth-order valence-electron chi connectivity index (χ4n) is 1.83. The van der Waals surface area contributed by atoms with Crippen molar-refractivity contribution in [3.05, 3.63) is 41.5 Å². The van der Waals surface area contributed by atoms with Crippen molar-refractivity contribution in [3.63, 3.8) is 0 Å². The first-order valence-electron chi connectivity index (χ1n) is 7.29. The lowest BCUT2D eigenvalue weighted by atomic mass is 9.96. The number of benzene rings is 1. The van der Waals surface area contributed by atoms with E-state index in [-0.39, 0.29) is 14.8 Å². The van der Waals surface area contributed by atoms with Crippen LogP contribution >= 0.6 is 11.3 Å². The van der Waals surface area contributed by atoms with Gasteiger partial charge in [0.2, 0.25) is 15.7 Å². The van der Waals surface area contributed by atoms with E-state index in [4.69, 9.17) is 5.73 Å². The molecule has 0 unspecified atom stereocenters. The van der Waals surface area contributed by atoms with Gasteiger partial charge < -0.3 is 11.1 Å². The highest BCUT2D eigenvalue weighted by atomic mass is 32.2. The lowest BCUT2D eigenvalue weighted by Crippen LogP contribution is -2.28. The van der Waals surface area contributed by atoms with Crippen LogP contribution in [-0.4, -0.2) is 20.2 Å². The molecule has 2 aromatic rings. The molecule has 0 saturated carbocycles. The van der Waals surface area contributed by atoms with Crippen LogP contribution in [0, 0.1) is 17.0 Å². The predicted octanol–water partition coefficient (Wildman–Crippen LogP) is 2.94. The van der Waals surface area contributed by atoms with Gasteiger partial charge in [-0.2, -0.15) is 0 Å². The van der Waals surface area contributed by atoms with E-state index in [0.29, 0.717) is 23.5 Å². The molecule has 0 saturated heterocycles. The summed E-state index contributed by atoms with van der Waals surface area (Å²) in [5, 5.41) is 2.45. The number of nitrogens with two attached hydrogens (primary N) is 1. The van der Waals surface area contributed by atoms with Crippen molar-refractivity contribution in [2.24, 2.45) is 11.1 Å². The van der Waals surface area contributed by atoms with Gasteiger partial charge in [0.05, 0.1) is 10.5 Å². The van der Waals surface area contributed by atoms with Gasteiger partial charge in [-0.05, 0) is 24.3 Å². The number of nitrogens with one attached hydrogen (secondary N) is 1. The molecule has 0 aliphatic rings. The maximum Gasteiger partial charge on any atom is 0.251 e. The van der Waals surface area contributed by atoms with Crippen molar-refractivity contribution in [3.8, 4) is 0 Å². The number of amides is 2. The number of sulfone groups is 1. The molecule has 1 aromatic heterocycles. The maximum absolute atomic E-state index is 13.4. The Balaban J connectivity index is 2.53. The zero-order chi connectivity index (χ0) is 19.9. The molecular weight excluding hydrogens is 386 g/mol. The van der Waals surface area contributed by atoms with Gasteiger partial charge in [0, 0.05) is 5.41 Å². The Kier molecular flexibility index (Phi) is 5.20. The molecule has 10 heteroatoms. The Morgan fingerprint density at radius 3 is 2.23 bits per heavy atom. The van der Waals surface area contributed by atoms with Crippen LogP contribution in [0.5, 0.6) is 0 Å². The average Bonchev–Trinajstić information content (AvgIpc) is 2.93. The monoisotopic (exact) mass is 402 g/mol. The SMILES string of the molecule is CC(C)(C)C(=O)Nc1sc(S(=O)(=O)c2ccc(F)c(F)c2)cc1C(N)=O. The Bertz CT molecular complexity index is 992. The standard InChI is InChI=1S/C16H16F2N2O4S2/c1-16(2,3)15(22)20-14-9(13(19)21)7-12(25-14)26(23,24)8-4-5-10(17)11(18)6-8/h4-7H,1-3H3,(H2,19,21)(H,20,22). The summed E-state index contributed by atoms with van der Waals surface area (Å²) in [7, 11) is -4.23. The summed E-state index contributed by atoms with van der Waals surface area (Å²) in [4.78, 5) is 23.2. The summed E-state index contributed by atoms with van der Waals surface area (Å²) in [6.45, 7) is 4.91. The first-order valence-corrected chi connectivity index (χ1v) is 9.59. The number of primary amides is 1. The number of halogens is 2. The van der Waals surface area contributed by atoms with Gasteiger partial charge in [0.15, 0.2) is 11.6 Å². The van der Waals surface area contributed by atoms with Crippen LogP contribution in [0.2, 0.25) is 0 Å². The van der Waals surface area contributed by atoms with Gasteiger partial charge >= 0.3 is 0 Å². The number of anilines is 1. The summed E-state index contributed by atoms with van der Waals surface area (Å²) in [5.41, 5.74) is 4.27. The van der Waals surface area contributed by atoms with E-state index in [2.05, 4.69) is 5.32 Å². The minimum absolute atomic E-state index is 0.0291. The molecule has 6 nitrogen and oxygen atoms in total. The van der Waals surface area contributed by atoms with E-state index in [9.17, 15) is 26.8 Å². The minimum atomic E-state index is -4.23. The van der Waals surface area contributed by atoms with Crippen molar-refractivity contribution in [1.82, 2.24) is 0 Å². The van der Waals surface area contributed by atoms with Gasteiger partial charge in [0.1, 0.15) is 9.21 Å². The molecule has 3 N–H and O–H groups in total. The Morgan fingerprint density at radius 1 is 1.12 bits per heavy atom. The average molecular weight is 402 g/mol. The molecule has 140 valence electrons. The van der Waals surface area contributed by atoms with E-state index >= 15 is 0 Å². The Morgan fingerprint density at radius 2 is 1.73 bits per heavy atom. The van der Waals surface area contributed by atoms with E-state index in [1.165, 1.54) is 0 Å². The molecule has 2 rings (SSSR count). The van der Waals surface area contributed by atoms with Gasteiger partial charge in [-0.25, -0.2) is 17.2 Å². The van der Waals surface area contributed by atoms with Crippen molar-refractivity contribution in [2.75, 3.05) is 5.32 Å². The summed E-state index contributed by atoms with van der Waals surface area (Å²) in [6, 6.07) is 3.14. The molecule has 1 heterocycles. The van der Waals surface area contributed by atoms with Crippen LogP contribution in [0.25, 0.3) is 0 Å². The lowest BCUT2D eigenvalue weighted by molar-refractivity contribution is -0.123. The van der Waals surface area contributed by atoms with Crippen molar-refractivity contribution < 1.29 is 26.8 Å². The third-order valence-corrected chi connectivity index (χ3v) is 6.62. The molecular formula is C16H16F2N2O4S2. The summed E-state index contributed by atoms with van der Waals surface area (Å²) in [6.07, 6.45) is 0. The van der Waals surface area contributed by atoms with Crippen LogP contribution in [-0.2, 0) is 14.6 Å². The molecule has 1 aromatic carbocycles. The molecule has 0 radical (unpaired) electrons. The minimum Gasteiger partial charge on any atom is -0.366 e. The summed E-state index contributed by atoms with van der Waals surface area (Å²) >= 11 is 0.607. The van der Waals surface area contributed by atoms with Crippen LogP contribution < -0.4 is 11.1 Å². The van der Waals surface area contributed by atoms with E-state index in [1.807, 2.05) is 0 Å². The molecule has 0 aliphatic heterocycles. The fraction of sp³-hybridized carbons (Fsp3) is 0.250. The zero-order valence-electron chi connectivity index (χ0n) is 14.1. The molecule has 0 aliphatic carbocycles. The largest absolute Gasteiger partial charge is 0.366 e. The third-order valence-electron chi connectivity index (χ3n) is 3.35. The van der Waals surface area contributed by atoms with Crippen molar-refractivity contribution >= 4 is 38.0 Å². The second kappa shape index (κ2) is 6.76. The highest BCUT2D eigenvalue weighted by molar-refractivity contribution is 7.93. The molecule has 0 spiro atoms. The first-order chi connectivity index (χ1) is 11.8. The second-order valence-electron chi connectivity index (χ2n) is 6.46. The molecule has 0 atom stereocenters. The highest BCUT2D eigenvalue weighted by Gasteiger charge is 2.28. The molecule has 0 bridgehead atoms. The second-order valence-corrected chi connectivity index (χ2v) is 9.68. The first kappa shape index (κ1) is 20.0. The van der Waals surface area contributed by atoms with Crippen LogP contribution in [0.15, 0.2) is 33.4 Å². The maximum atomic E-state index is 13.4. The lowest BCUT2D eigenvalue weighted by Gasteiger charge is -2.17. The molecule has 0 fully saturated rings. The Hall–Kier alpha value is -2.33. The van der Waals surface area contributed by atoms with Crippen LogP contribution in [0.1, 0.15) is 31.1 Å². The third kappa shape index (κ3) is 3.91. The Labute approximate surface area is 152 Å². The highest BCUT2D eigenvalue weighted by Crippen LogP contribution is 2.35. The summed E-state index contributed by atoms with van der Waals surface area (Å²) in [5.74, 6) is -3.89. The van der Waals surface area contributed by atoms with Crippen molar-refractivity contribution in [1.29, 1.82) is 0 Å². The van der Waals surface area contributed by atoms with E-state index < -0.39 is 43.6 Å². The predicted molar refractivity (Wildman–Crippen MR) is 92.7 cm³/mol. The van der Waals surface area contributed by atoms with Gasteiger partial charge in [-0.1, -0.05) is 20.8 Å². The fourth-order valence-corrected chi connectivity index (χ4v) is 4.61. The topological polar surface area (TPSA) is 106 Å². The van der Waals surface area contributed by atoms with E-state index in [1.54, 1.807) is 20.8 Å². The number of rotatable bonds is 4. The van der Waals surface area contributed by atoms with Gasteiger partial charge in [-0.3, -0.25) is 9.59 Å². The van der Waals surface area contributed by atoms with E-state index in [0.717, 1.165) is 12.1 Å². The quantitative estimate of drug-likeness (QED) is 0.767. The zero-order valence-corrected chi connectivity index (χ0v) is 15.7. The molecule has 26 heavy (non-hydrogen) atoms. The number of hydrogen-bond donors (Lipinski definition) is 2. The number of carbonyl (C=O) groups excluding carboxylic acids is 2. The van der Waals surface area contributed by atoms with Crippen LogP contribution in [0.3, 0.4) is 0 Å². The molecule has 2 amide bonds. The van der Waals surface area contributed by atoms with Crippen LogP contribution in [0.4, 0.5) is 13.8 Å². The van der Waals surface area contributed by atoms with Gasteiger partial charge in [-0.15, -0.1) is 11.3 Å².